The fourth-order valence-electron chi connectivity index (χ4n) is 4.21. The minimum absolute atomic E-state index is 0.0810. The van der Waals surface area contributed by atoms with Gasteiger partial charge in [-0.05, 0) is 49.8 Å². The molecule has 0 aromatic heterocycles. The Labute approximate surface area is 155 Å². The van der Waals surface area contributed by atoms with E-state index in [9.17, 15) is 14.3 Å². The molecule has 1 aromatic carbocycles. The topological polar surface area (TPSA) is 55.8 Å². The molecule has 2 N–H and O–H groups in total. The predicted molar refractivity (Wildman–Crippen MR) is 99.4 cm³/mol. The van der Waals surface area contributed by atoms with Gasteiger partial charge in [0.2, 0.25) is 0 Å². The fourth-order valence-corrected chi connectivity index (χ4v) is 4.21. The third-order valence-corrected chi connectivity index (χ3v) is 5.74. The maximum Gasteiger partial charge on any atom is 0.317 e. The maximum atomic E-state index is 14.1. The number of fused-ring (bicyclic) bond motifs is 1. The van der Waals surface area contributed by atoms with Gasteiger partial charge in [-0.2, -0.15) is 0 Å². The van der Waals surface area contributed by atoms with E-state index < -0.39 is 0 Å². The van der Waals surface area contributed by atoms with Crippen LogP contribution in [0.3, 0.4) is 0 Å². The monoisotopic (exact) mass is 363 g/mol. The Morgan fingerprint density at radius 3 is 2.85 bits per heavy atom. The number of hydrogen-bond acceptors (Lipinski definition) is 3. The van der Waals surface area contributed by atoms with Gasteiger partial charge in [-0.25, -0.2) is 9.18 Å². The van der Waals surface area contributed by atoms with Crippen molar-refractivity contribution in [2.45, 2.75) is 51.8 Å². The van der Waals surface area contributed by atoms with Gasteiger partial charge in [0.15, 0.2) is 0 Å². The molecule has 1 aliphatic carbocycles. The first-order chi connectivity index (χ1) is 12.4. The summed E-state index contributed by atoms with van der Waals surface area (Å²) in [7, 11) is 0. The SMILES string of the molecule is C[C@H](O)CN1CCN(C(=O)N[C@@H]2c3cccc(F)c3CC[C@@H]2C)C[C@@H]1C. The first-order valence-electron chi connectivity index (χ1n) is 9.61. The molecule has 1 aromatic rings. The van der Waals surface area contributed by atoms with E-state index in [1.165, 1.54) is 6.07 Å². The first-order valence-corrected chi connectivity index (χ1v) is 9.61. The summed E-state index contributed by atoms with van der Waals surface area (Å²) in [5.74, 6) is 0.108. The Bertz CT molecular complexity index is 652. The second-order valence-corrected chi connectivity index (χ2v) is 7.89. The van der Waals surface area contributed by atoms with E-state index in [1.54, 1.807) is 13.0 Å². The molecular formula is C20H30FN3O2. The number of piperazine rings is 1. The fraction of sp³-hybridized carbons (Fsp3) is 0.650. The molecule has 1 heterocycles. The third kappa shape index (κ3) is 4.01. The van der Waals surface area contributed by atoms with Gasteiger partial charge in [0, 0.05) is 32.2 Å². The van der Waals surface area contributed by atoms with Crippen LogP contribution in [-0.2, 0) is 6.42 Å². The van der Waals surface area contributed by atoms with Crippen LogP contribution in [0.4, 0.5) is 9.18 Å². The molecule has 5 nitrogen and oxygen atoms in total. The number of benzene rings is 1. The Kier molecular flexibility index (Phi) is 5.82. The summed E-state index contributed by atoms with van der Waals surface area (Å²) in [6.07, 6.45) is 1.23. The lowest BCUT2D eigenvalue weighted by molar-refractivity contribution is 0.0556. The molecule has 0 bridgehead atoms. The highest BCUT2D eigenvalue weighted by Crippen LogP contribution is 2.35. The quantitative estimate of drug-likeness (QED) is 0.868. The van der Waals surface area contributed by atoms with E-state index in [-0.39, 0.29) is 36.0 Å². The average Bonchev–Trinajstić information content (AvgIpc) is 2.59. The molecule has 144 valence electrons. The zero-order chi connectivity index (χ0) is 18.8. The van der Waals surface area contributed by atoms with E-state index in [0.29, 0.717) is 19.6 Å². The first kappa shape index (κ1) is 19.1. The number of aliphatic hydroxyl groups excluding tert-OH is 1. The van der Waals surface area contributed by atoms with Crippen LogP contribution in [0.25, 0.3) is 0 Å². The van der Waals surface area contributed by atoms with Crippen LogP contribution in [0.1, 0.15) is 44.4 Å². The van der Waals surface area contributed by atoms with Crippen molar-refractivity contribution in [3.63, 3.8) is 0 Å². The van der Waals surface area contributed by atoms with E-state index in [4.69, 9.17) is 0 Å². The van der Waals surface area contributed by atoms with Gasteiger partial charge in [-0.15, -0.1) is 0 Å². The van der Waals surface area contributed by atoms with Crippen molar-refractivity contribution in [1.29, 1.82) is 0 Å². The third-order valence-electron chi connectivity index (χ3n) is 5.74. The summed E-state index contributed by atoms with van der Waals surface area (Å²) < 4.78 is 14.1. The highest BCUT2D eigenvalue weighted by Gasteiger charge is 2.32. The number of amides is 2. The van der Waals surface area contributed by atoms with Crippen molar-refractivity contribution in [2.24, 2.45) is 5.92 Å². The standard InChI is InChI=1S/C20H30FN3O2/c1-13-7-8-16-17(5-4-6-18(16)21)19(13)22-20(26)24-10-9-23(12-15(3)25)14(2)11-24/h4-6,13-15,19,25H,7-12H2,1-3H3,(H,22,26)/t13-,14-,15-,19-/m0/s1. The van der Waals surface area contributed by atoms with Crippen molar-refractivity contribution in [1.82, 2.24) is 15.1 Å². The molecule has 0 unspecified atom stereocenters. The molecule has 3 rings (SSSR count). The number of rotatable bonds is 3. The van der Waals surface area contributed by atoms with Gasteiger partial charge in [0.1, 0.15) is 5.82 Å². The van der Waals surface area contributed by atoms with Crippen LogP contribution < -0.4 is 5.32 Å². The van der Waals surface area contributed by atoms with E-state index in [0.717, 1.165) is 30.5 Å². The summed E-state index contributed by atoms with van der Waals surface area (Å²) in [4.78, 5) is 16.9. The zero-order valence-corrected chi connectivity index (χ0v) is 15.9. The molecule has 0 radical (unpaired) electrons. The summed E-state index contributed by atoms with van der Waals surface area (Å²) in [6, 6.07) is 5.13. The van der Waals surface area contributed by atoms with Crippen molar-refractivity contribution in [3.05, 3.63) is 35.1 Å². The van der Waals surface area contributed by atoms with Crippen LogP contribution in [-0.4, -0.2) is 59.3 Å². The van der Waals surface area contributed by atoms with Gasteiger partial charge in [0.05, 0.1) is 12.1 Å². The smallest absolute Gasteiger partial charge is 0.317 e. The molecule has 6 heteroatoms. The van der Waals surface area contributed by atoms with Gasteiger partial charge in [0.25, 0.3) is 0 Å². The minimum atomic E-state index is -0.368. The molecule has 2 aliphatic rings. The molecular weight excluding hydrogens is 333 g/mol. The van der Waals surface area contributed by atoms with Gasteiger partial charge >= 0.3 is 6.03 Å². The number of aliphatic hydroxyl groups is 1. The van der Waals surface area contributed by atoms with Crippen molar-refractivity contribution in [2.75, 3.05) is 26.2 Å². The zero-order valence-electron chi connectivity index (χ0n) is 15.9. The van der Waals surface area contributed by atoms with Crippen LogP contribution >= 0.6 is 0 Å². The van der Waals surface area contributed by atoms with Crippen molar-refractivity contribution in [3.8, 4) is 0 Å². The number of carbonyl (C=O) groups excluding carboxylic acids is 1. The number of halogens is 1. The van der Waals surface area contributed by atoms with Gasteiger partial charge < -0.3 is 15.3 Å². The lowest BCUT2D eigenvalue weighted by Crippen LogP contribution is -2.57. The number of hydrogen-bond donors (Lipinski definition) is 2. The van der Waals surface area contributed by atoms with E-state index in [1.807, 2.05) is 11.0 Å². The van der Waals surface area contributed by atoms with E-state index >= 15 is 0 Å². The van der Waals surface area contributed by atoms with Crippen LogP contribution in [0.2, 0.25) is 0 Å². The number of carbonyl (C=O) groups is 1. The summed E-state index contributed by atoms with van der Waals surface area (Å²) in [5, 5.41) is 12.7. The van der Waals surface area contributed by atoms with E-state index in [2.05, 4.69) is 24.1 Å². The van der Waals surface area contributed by atoms with Gasteiger partial charge in [-0.3, -0.25) is 4.90 Å². The molecule has 1 saturated heterocycles. The Morgan fingerprint density at radius 2 is 2.15 bits per heavy atom. The number of nitrogens with zero attached hydrogens (tertiary/aromatic N) is 2. The molecule has 0 spiro atoms. The molecule has 1 fully saturated rings. The average molecular weight is 363 g/mol. The summed E-state index contributed by atoms with van der Waals surface area (Å²) in [6.45, 7) is 8.63. The van der Waals surface area contributed by atoms with Crippen molar-refractivity contribution < 1.29 is 14.3 Å². The van der Waals surface area contributed by atoms with Crippen molar-refractivity contribution >= 4 is 6.03 Å². The highest BCUT2D eigenvalue weighted by molar-refractivity contribution is 5.75. The Morgan fingerprint density at radius 1 is 1.38 bits per heavy atom. The maximum absolute atomic E-state index is 14.1. The predicted octanol–water partition coefficient (Wildman–Crippen LogP) is 2.55. The van der Waals surface area contributed by atoms with Gasteiger partial charge in [-0.1, -0.05) is 19.1 Å². The van der Waals surface area contributed by atoms with Crippen LogP contribution in [0.5, 0.6) is 0 Å². The second-order valence-electron chi connectivity index (χ2n) is 7.89. The molecule has 26 heavy (non-hydrogen) atoms. The summed E-state index contributed by atoms with van der Waals surface area (Å²) in [5.41, 5.74) is 1.66. The molecule has 1 aliphatic heterocycles. The largest absolute Gasteiger partial charge is 0.392 e. The number of β-amino-alcohol motifs (C(OH)–C–C–N with tert-alkyl or cyclic N) is 1. The lowest BCUT2D eigenvalue weighted by Gasteiger charge is -2.41. The lowest BCUT2D eigenvalue weighted by atomic mass is 9.80. The molecule has 2 amide bonds. The molecule has 0 saturated carbocycles. The van der Waals surface area contributed by atoms with Crippen LogP contribution in [0.15, 0.2) is 18.2 Å². The Balaban J connectivity index is 1.66. The van der Waals surface area contributed by atoms with Crippen LogP contribution in [0, 0.1) is 11.7 Å². The Hall–Kier alpha value is -1.66. The number of nitrogens with one attached hydrogen (secondary N) is 1. The number of urea groups is 1. The normalized spacial score (nSPS) is 27.7. The highest BCUT2D eigenvalue weighted by atomic mass is 19.1. The summed E-state index contributed by atoms with van der Waals surface area (Å²) >= 11 is 0. The molecule has 4 atom stereocenters. The second kappa shape index (κ2) is 7.92. The minimum Gasteiger partial charge on any atom is -0.392 e.